The molecule has 0 radical (unpaired) electrons. The third-order valence-corrected chi connectivity index (χ3v) is 3.90. The molecule has 1 fully saturated rings. The van der Waals surface area contributed by atoms with Crippen LogP contribution in [0.1, 0.15) is 17.3 Å². The van der Waals surface area contributed by atoms with Crippen LogP contribution in [0.25, 0.3) is 0 Å². The van der Waals surface area contributed by atoms with Crippen molar-refractivity contribution in [2.45, 2.75) is 6.92 Å². The topological polar surface area (TPSA) is 42.0 Å². The SMILES string of the molecule is CCN1CCN(C(=O)c2cccc3c2OCCO3)CC1. The van der Waals surface area contributed by atoms with Gasteiger partial charge in [0.25, 0.3) is 5.91 Å². The molecule has 1 aromatic rings. The minimum Gasteiger partial charge on any atom is -0.486 e. The average Bonchev–Trinajstić information content (AvgIpc) is 2.54. The zero-order chi connectivity index (χ0) is 13.9. The van der Waals surface area contributed by atoms with Gasteiger partial charge in [-0.15, -0.1) is 0 Å². The zero-order valence-corrected chi connectivity index (χ0v) is 11.8. The van der Waals surface area contributed by atoms with E-state index in [2.05, 4.69) is 11.8 Å². The van der Waals surface area contributed by atoms with E-state index in [0.29, 0.717) is 30.3 Å². The lowest BCUT2D eigenvalue weighted by Gasteiger charge is -2.34. The summed E-state index contributed by atoms with van der Waals surface area (Å²) in [6, 6.07) is 5.52. The Bertz CT molecular complexity index is 496. The molecule has 0 atom stereocenters. The van der Waals surface area contributed by atoms with Gasteiger partial charge in [0.15, 0.2) is 11.5 Å². The summed E-state index contributed by atoms with van der Waals surface area (Å²) in [5, 5.41) is 0. The van der Waals surface area contributed by atoms with E-state index >= 15 is 0 Å². The van der Waals surface area contributed by atoms with Gasteiger partial charge in [0, 0.05) is 26.2 Å². The van der Waals surface area contributed by atoms with Gasteiger partial charge in [0.05, 0.1) is 5.56 Å². The zero-order valence-electron chi connectivity index (χ0n) is 11.8. The first-order valence-corrected chi connectivity index (χ1v) is 7.20. The molecule has 108 valence electrons. The Morgan fingerprint density at radius 2 is 1.90 bits per heavy atom. The molecule has 3 rings (SSSR count). The summed E-state index contributed by atoms with van der Waals surface area (Å²) in [7, 11) is 0. The predicted molar refractivity (Wildman–Crippen MR) is 75.4 cm³/mol. The number of hydrogen-bond acceptors (Lipinski definition) is 4. The monoisotopic (exact) mass is 276 g/mol. The van der Waals surface area contributed by atoms with E-state index in [9.17, 15) is 4.79 Å². The number of carbonyl (C=O) groups is 1. The molecule has 0 aromatic heterocycles. The van der Waals surface area contributed by atoms with E-state index in [-0.39, 0.29) is 5.91 Å². The highest BCUT2D eigenvalue weighted by atomic mass is 16.6. The molecule has 2 aliphatic rings. The van der Waals surface area contributed by atoms with Gasteiger partial charge in [-0.2, -0.15) is 0 Å². The second-order valence-electron chi connectivity index (χ2n) is 5.06. The van der Waals surface area contributed by atoms with Gasteiger partial charge in [-0.1, -0.05) is 13.0 Å². The molecule has 5 nitrogen and oxygen atoms in total. The Morgan fingerprint density at radius 3 is 2.65 bits per heavy atom. The van der Waals surface area contributed by atoms with Gasteiger partial charge in [-0.25, -0.2) is 0 Å². The van der Waals surface area contributed by atoms with Crippen molar-refractivity contribution in [2.24, 2.45) is 0 Å². The second-order valence-corrected chi connectivity index (χ2v) is 5.06. The molecule has 1 amide bonds. The van der Waals surface area contributed by atoms with E-state index in [1.165, 1.54) is 0 Å². The summed E-state index contributed by atoms with van der Waals surface area (Å²) in [6.45, 7) is 7.66. The average molecular weight is 276 g/mol. The summed E-state index contributed by atoms with van der Waals surface area (Å²) in [5.41, 5.74) is 0.618. The molecule has 1 saturated heterocycles. The predicted octanol–water partition coefficient (Wildman–Crippen LogP) is 1.24. The first kappa shape index (κ1) is 13.2. The number of fused-ring (bicyclic) bond motifs is 1. The van der Waals surface area contributed by atoms with Crippen LogP contribution in [-0.2, 0) is 0 Å². The molecule has 0 bridgehead atoms. The van der Waals surface area contributed by atoms with Crippen LogP contribution in [0.3, 0.4) is 0 Å². The van der Waals surface area contributed by atoms with Gasteiger partial charge < -0.3 is 19.3 Å². The maximum absolute atomic E-state index is 12.6. The molecule has 0 unspecified atom stereocenters. The van der Waals surface area contributed by atoms with Crippen LogP contribution in [0.15, 0.2) is 18.2 Å². The Balaban J connectivity index is 1.78. The Labute approximate surface area is 119 Å². The van der Waals surface area contributed by atoms with Crippen molar-refractivity contribution in [3.8, 4) is 11.5 Å². The summed E-state index contributed by atoms with van der Waals surface area (Å²) in [6.07, 6.45) is 0. The lowest BCUT2D eigenvalue weighted by molar-refractivity contribution is 0.0634. The normalized spacial score (nSPS) is 18.9. The van der Waals surface area contributed by atoms with E-state index in [1.54, 1.807) is 0 Å². The standard InChI is InChI=1S/C15H20N2O3/c1-2-16-6-8-17(9-7-16)15(18)12-4-3-5-13-14(12)20-11-10-19-13/h3-5H,2,6-11H2,1H3. The summed E-state index contributed by atoms with van der Waals surface area (Å²) in [5.74, 6) is 1.32. The highest BCUT2D eigenvalue weighted by Gasteiger charge is 2.26. The maximum atomic E-state index is 12.6. The first-order chi connectivity index (χ1) is 9.79. The van der Waals surface area contributed by atoms with Gasteiger partial charge in [0.2, 0.25) is 0 Å². The summed E-state index contributed by atoms with van der Waals surface area (Å²) >= 11 is 0. The lowest BCUT2D eigenvalue weighted by atomic mass is 10.1. The third-order valence-electron chi connectivity index (χ3n) is 3.90. The first-order valence-electron chi connectivity index (χ1n) is 7.20. The van der Waals surface area contributed by atoms with Gasteiger partial charge in [-0.05, 0) is 18.7 Å². The summed E-state index contributed by atoms with van der Waals surface area (Å²) < 4.78 is 11.2. The second kappa shape index (κ2) is 5.71. The minimum absolute atomic E-state index is 0.0445. The van der Waals surface area contributed by atoms with Crippen molar-refractivity contribution in [1.29, 1.82) is 0 Å². The quantitative estimate of drug-likeness (QED) is 0.815. The van der Waals surface area contributed by atoms with Crippen LogP contribution in [0.4, 0.5) is 0 Å². The molecule has 1 aromatic carbocycles. The van der Waals surface area contributed by atoms with E-state index in [1.807, 2.05) is 23.1 Å². The number of piperazine rings is 1. The third kappa shape index (κ3) is 2.45. The fraction of sp³-hybridized carbons (Fsp3) is 0.533. The largest absolute Gasteiger partial charge is 0.486 e. The minimum atomic E-state index is 0.0445. The number of nitrogens with zero attached hydrogens (tertiary/aromatic N) is 2. The van der Waals surface area contributed by atoms with Crippen molar-refractivity contribution < 1.29 is 14.3 Å². The highest BCUT2D eigenvalue weighted by molar-refractivity contribution is 5.98. The number of para-hydroxylation sites is 1. The molecule has 0 N–H and O–H groups in total. The Morgan fingerprint density at radius 1 is 1.15 bits per heavy atom. The molecule has 2 aliphatic heterocycles. The molecule has 2 heterocycles. The number of amides is 1. The van der Waals surface area contributed by atoms with E-state index < -0.39 is 0 Å². The smallest absolute Gasteiger partial charge is 0.257 e. The molecular formula is C15H20N2O3. The number of carbonyl (C=O) groups excluding carboxylic acids is 1. The Kier molecular flexibility index (Phi) is 3.78. The molecule has 0 spiro atoms. The number of rotatable bonds is 2. The number of benzene rings is 1. The van der Waals surface area contributed by atoms with Crippen LogP contribution in [0.5, 0.6) is 11.5 Å². The van der Waals surface area contributed by atoms with Crippen LogP contribution in [0.2, 0.25) is 0 Å². The van der Waals surface area contributed by atoms with Gasteiger partial charge in [0.1, 0.15) is 13.2 Å². The molecule has 0 aliphatic carbocycles. The van der Waals surface area contributed by atoms with Crippen molar-refractivity contribution in [2.75, 3.05) is 45.9 Å². The van der Waals surface area contributed by atoms with Crippen molar-refractivity contribution in [1.82, 2.24) is 9.80 Å². The van der Waals surface area contributed by atoms with Crippen LogP contribution < -0.4 is 9.47 Å². The van der Waals surface area contributed by atoms with Gasteiger partial charge in [-0.3, -0.25) is 4.79 Å². The Hall–Kier alpha value is -1.75. The number of ether oxygens (including phenoxy) is 2. The molecular weight excluding hydrogens is 256 g/mol. The van der Waals surface area contributed by atoms with E-state index in [4.69, 9.17) is 9.47 Å². The van der Waals surface area contributed by atoms with Crippen molar-refractivity contribution in [3.05, 3.63) is 23.8 Å². The summed E-state index contributed by atoms with van der Waals surface area (Å²) in [4.78, 5) is 16.9. The van der Waals surface area contributed by atoms with Crippen LogP contribution >= 0.6 is 0 Å². The number of likely N-dealkylation sites (N-methyl/N-ethyl adjacent to an activating group) is 1. The van der Waals surface area contributed by atoms with Gasteiger partial charge >= 0.3 is 0 Å². The molecule has 20 heavy (non-hydrogen) atoms. The highest BCUT2D eigenvalue weighted by Crippen LogP contribution is 2.34. The molecule has 0 saturated carbocycles. The van der Waals surface area contributed by atoms with Crippen LogP contribution in [-0.4, -0.2) is 61.6 Å². The maximum Gasteiger partial charge on any atom is 0.257 e. The molecule has 5 heteroatoms. The van der Waals surface area contributed by atoms with Crippen molar-refractivity contribution >= 4 is 5.91 Å². The van der Waals surface area contributed by atoms with Crippen LogP contribution in [0, 0.1) is 0 Å². The fourth-order valence-electron chi connectivity index (χ4n) is 2.68. The lowest BCUT2D eigenvalue weighted by Crippen LogP contribution is -2.48. The number of hydrogen-bond donors (Lipinski definition) is 0. The fourth-order valence-corrected chi connectivity index (χ4v) is 2.68. The van der Waals surface area contributed by atoms with E-state index in [0.717, 1.165) is 32.7 Å². The van der Waals surface area contributed by atoms with Crippen molar-refractivity contribution in [3.63, 3.8) is 0 Å².